The Bertz CT molecular complexity index is 565. The standard InChI is InChI=1S/C12H15N5O2/c1-12(2,11(18)19)17-10-6-9(14-7-15-10)16-8-4-3-5-13-8/h3-7,13H,1-2H3,(H,18,19)(H2,14,15,16,17). The molecule has 0 atom stereocenters. The first-order valence-corrected chi connectivity index (χ1v) is 5.71. The second-order valence-electron chi connectivity index (χ2n) is 4.55. The Morgan fingerprint density at radius 1 is 1.37 bits per heavy atom. The maximum atomic E-state index is 11.0. The van der Waals surface area contributed by atoms with Crippen LogP contribution in [0.3, 0.4) is 0 Å². The monoisotopic (exact) mass is 261 g/mol. The minimum Gasteiger partial charge on any atom is -0.480 e. The fourth-order valence-electron chi connectivity index (χ4n) is 1.41. The molecule has 2 aromatic rings. The Hall–Kier alpha value is -2.57. The number of nitrogens with zero attached hydrogens (tertiary/aromatic N) is 2. The number of carboxylic acid groups (broad SMARTS) is 1. The van der Waals surface area contributed by atoms with E-state index in [1.54, 1.807) is 26.1 Å². The summed E-state index contributed by atoms with van der Waals surface area (Å²) >= 11 is 0. The van der Waals surface area contributed by atoms with E-state index in [0.717, 1.165) is 5.82 Å². The number of carboxylic acids is 1. The molecule has 4 N–H and O–H groups in total. The second-order valence-corrected chi connectivity index (χ2v) is 4.55. The summed E-state index contributed by atoms with van der Waals surface area (Å²) < 4.78 is 0. The summed E-state index contributed by atoms with van der Waals surface area (Å²) in [6, 6.07) is 5.36. The molecule has 0 aliphatic heterocycles. The lowest BCUT2D eigenvalue weighted by Gasteiger charge is -2.21. The third-order valence-corrected chi connectivity index (χ3v) is 2.50. The number of rotatable bonds is 5. The van der Waals surface area contributed by atoms with Crippen molar-refractivity contribution in [3.8, 4) is 0 Å². The summed E-state index contributed by atoms with van der Waals surface area (Å²) in [7, 11) is 0. The number of aromatic amines is 1. The van der Waals surface area contributed by atoms with Crippen molar-refractivity contribution < 1.29 is 9.90 Å². The summed E-state index contributed by atoms with van der Waals surface area (Å²) in [5.41, 5.74) is -1.10. The average molecular weight is 261 g/mol. The van der Waals surface area contributed by atoms with Crippen LogP contribution in [0, 0.1) is 0 Å². The van der Waals surface area contributed by atoms with Crippen molar-refractivity contribution in [2.75, 3.05) is 10.6 Å². The van der Waals surface area contributed by atoms with Gasteiger partial charge in [-0.1, -0.05) is 0 Å². The molecule has 0 saturated carbocycles. The molecule has 0 radical (unpaired) electrons. The predicted molar refractivity (Wildman–Crippen MR) is 71.4 cm³/mol. The lowest BCUT2D eigenvalue weighted by atomic mass is 10.1. The number of aliphatic carboxylic acids is 1. The van der Waals surface area contributed by atoms with Gasteiger partial charge in [0.05, 0.1) is 0 Å². The summed E-state index contributed by atoms with van der Waals surface area (Å²) in [5.74, 6) is 0.852. The smallest absolute Gasteiger partial charge is 0.328 e. The Kier molecular flexibility index (Phi) is 3.37. The van der Waals surface area contributed by atoms with E-state index in [0.29, 0.717) is 11.6 Å². The highest BCUT2D eigenvalue weighted by atomic mass is 16.4. The molecule has 2 heterocycles. The molecule has 0 saturated heterocycles. The minimum absolute atomic E-state index is 0.441. The van der Waals surface area contributed by atoms with Crippen molar-refractivity contribution in [1.82, 2.24) is 15.0 Å². The summed E-state index contributed by atoms with van der Waals surface area (Å²) in [6.07, 6.45) is 3.15. The molecular formula is C12H15N5O2. The lowest BCUT2D eigenvalue weighted by molar-refractivity contribution is -0.141. The second kappa shape index (κ2) is 4.97. The Balaban J connectivity index is 2.13. The molecule has 0 fully saturated rings. The van der Waals surface area contributed by atoms with Gasteiger partial charge < -0.3 is 20.7 Å². The molecule has 0 aliphatic carbocycles. The molecule has 0 aromatic carbocycles. The normalized spacial score (nSPS) is 11.1. The van der Waals surface area contributed by atoms with Crippen LogP contribution in [0.15, 0.2) is 30.7 Å². The van der Waals surface area contributed by atoms with Crippen molar-refractivity contribution in [1.29, 1.82) is 0 Å². The van der Waals surface area contributed by atoms with Gasteiger partial charge in [-0.3, -0.25) is 0 Å². The van der Waals surface area contributed by atoms with E-state index in [9.17, 15) is 4.79 Å². The largest absolute Gasteiger partial charge is 0.480 e. The Morgan fingerprint density at radius 3 is 2.74 bits per heavy atom. The van der Waals surface area contributed by atoms with Crippen LogP contribution < -0.4 is 10.6 Å². The Morgan fingerprint density at radius 2 is 2.11 bits per heavy atom. The van der Waals surface area contributed by atoms with Gasteiger partial charge >= 0.3 is 5.97 Å². The van der Waals surface area contributed by atoms with Gasteiger partial charge in [-0.05, 0) is 26.0 Å². The van der Waals surface area contributed by atoms with E-state index >= 15 is 0 Å². The van der Waals surface area contributed by atoms with E-state index < -0.39 is 11.5 Å². The van der Waals surface area contributed by atoms with Crippen molar-refractivity contribution in [3.63, 3.8) is 0 Å². The molecule has 0 aliphatic rings. The summed E-state index contributed by atoms with van der Waals surface area (Å²) in [5, 5.41) is 14.9. The third-order valence-electron chi connectivity index (χ3n) is 2.50. The molecule has 19 heavy (non-hydrogen) atoms. The van der Waals surface area contributed by atoms with Crippen LogP contribution >= 0.6 is 0 Å². The first-order valence-electron chi connectivity index (χ1n) is 5.71. The summed E-state index contributed by atoms with van der Waals surface area (Å²) in [6.45, 7) is 3.13. The fourth-order valence-corrected chi connectivity index (χ4v) is 1.41. The number of H-pyrrole nitrogens is 1. The van der Waals surface area contributed by atoms with Crippen LogP contribution in [-0.4, -0.2) is 31.6 Å². The van der Waals surface area contributed by atoms with Gasteiger partial charge in [0.15, 0.2) is 0 Å². The molecule has 7 nitrogen and oxygen atoms in total. The van der Waals surface area contributed by atoms with Gasteiger partial charge in [0, 0.05) is 12.3 Å². The van der Waals surface area contributed by atoms with Gasteiger partial charge in [-0.2, -0.15) is 0 Å². The topological polar surface area (TPSA) is 103 Å². The molecule has 7 heteroatoms. The molecule has 2 aromatic heterocycles. The zero-order valence-corrected chi connectivity index (χ0v) is 10.6. The zero-order valence-electron chi connectivity index (χ0n) is 10.6. The van der Waals surface area contributed by atoms with Gasteiger partial charge in [0.2, 0.25) is 0 Å². The quantitative estimate of drug-likeness (QED) is 0.654. The zero-order chi connectivity index (χ0) is 13.9. The number of nitrogens with one attached hydrogen (secondary N) is 3. The van der Waals surface area contributed by atoms with Crippen molar-refractivity contribution in [2.45, 2.75) is 19.4 Å². The first-order chi connectivity index (χ1) is 8.97. The van der Waals surface area contributed by atoms with Crippen LogP contribution in [0.4, 0.5) is 17.5 Å². The molecule has 0 bridgehead atoms. The number of hydrogen-bond donors (Lipinski definition) is 4. The summed E-state index contributed by atoms with van der Waals surface area (Å²) in [4.78, 5) is 22.1. The highest BCUT2D eigenvalue weighted by molar-refractivity contribution is 5.81. The predicted octanol–water partition coefficient (Wildman–Crippen LogP) is 1.82. The molecule has 100 valence electrons. The maximum Gasteiger partial charge on any atom is 0.328 e. The van der Waals surface area contributed by atoms with Crippen molar-refractivity contribution >= 4 is 23.4 Å². The van der Waals surface area contributed by atoms with Crippen LogP contribution in [0.25, 0.3) is 0 Å². The van der Waals surface area contributed by atoms with Gasteiger partial charge in [0.25, 0.3) is 0 Å². The van der Waals surface area contributed by atoms with E-state index in [1.165, 1.54) is 6.33 Å². The van der Waals surface area contributed by atoms with Gasteiger partial charge in [-0.25, -0.2) is 14.8 Å². The molecular weight excluding hydrogens is 246 g/mol. The number of anilines is 3. The fraction of sp³-hybridized carbons (Fsp3) is 0.250. The van der Waals surface area contributed by atoms with Crippen molar-refractivity contribution in [2.24, 2.45) is 0 Å². The van der Waals surface area contributed by atoms with E-state index in [-0.39, 0.29) is 0 Å². The number of aromatic nitrogens is 3. The minimum atomic E-state index is -1.10. The van der Waals surface area contributed by atoms with Gasteiger partial charge in [-0.15, -0.1) is 0 Å². The van der Waals surface area contributed by atoms with Crippen molar-refractivity contribution in [3.05, 3.63) is 30.7 Å². The molecule has 2 rings (SSSR count). The van der Waals surface area contributed by atoms with Crippen LogP contribution in [0.2, 0.25) is 0 Å². The van der Waals surface area contributed by atoms with Crippen LogP contribution in [0.1, 0.15) is 13.8 Å². The van der Waals surface area contributed by atoms with Gasteiger partial charge in [0.1, 0.15) is 29.3 Å². The maximum absolute atomic E-state index is 11.0. The SMILES string of the molecule is CC(C)(Nc1cc(Nc2ccc[nH]2)ncn1)C(=O)O. The highest BCUT2D eigenvalue weighted by Gasteiger charge is 2.27. The number of hydrogen-bond acceptors (Lipinski definition) is 5. The van der Waals surface area contributed by atoms with Crippen LogP contribution in [-0.2, 0) is 4.79 Å². The van der Waals surface area contributed by atoms with E-state index in [1.807, 2.05) is 12.1 Å². The third kappa shape index (κ3) is 3.21. The number of carbonyl (C=O) groups is 1. The van der Waals surface area contributed by atoms with E-state index in [2.05, 4.69) is 25.6 Å². The molecule has 0 unspecified atom stereocenters. The van der Waals surface area contributed by atoms with Crippen LogP contribution in [0.5, 0.6) is 0 Å². The average Bonchev–Trinajstić information content (AvgIpc) is 2.81. The molecule has 0 spiro atoms. The lowest BCUT2D eigenvalue weighted by Crippen LogP contribution is -2.40. The highest BCUT2D eigenvalue weighted by Crippen LogP contribution is 2.17. The van der Waals surface area contributed by atoms with E-state index in [4.69, 9.17) is 5.11 Å². The Labute approximate surface area is 110 Å². The molecule has 0 amide bonds. The first kappa shape index (κ1) is 12.9.